The Bertz CT molecular complexity index is 613. The first-order valence-corrected chi connectivity index (χ1v) is 10.6. The van der Waals surface area contributed by atoms with E-state index in [0.29, 0.717) is 31.0 Å². The van der Waals surface area contributed by atoms with Crippen LogP contribution in [0.4, 0.5) is 0 Å². The number of aromatic nitrogens is 2. The Morgan fingerprint density at radius 1 is 1.29 bits per heavy atom. The number of hydrogen-bond acceptors (Lipinski definition) is 7. The predicted octanol–water partition coefficient (Wildman–Crippen LogP) is 1.63. The van der Waals surface area contributed by atoms with Gasteiger partial charge in [0.2, 0.25) is 11.8 Å². The number of rotatable bonds is 8. The minimum atomic E-state index is 0.108. The Morgan fingerprint density at radius 3 is 2.75 bits per heavy atom. The zero-order valence-electron chi connectivity index (χ0n) is 17.5. The van der Waals surface area contributed by atoms with Crippen molar-refractivity contribution >= 4 is 5.91 Å². The third-order valence-corrected chi connectivity index (χ3v) is 5.86. The summed E-state index contributed by atoms with van der Waals surface area (Å²) in [6, 6.07) is 0.569. The first-order valence-electron chi connectivity index (χ1n) is 10.6. The number of ether oxygens (including phenoxy) is 1. The zero-order valence-corrected chi connectivity index (χ0v) is 17.5. The van der Waals surface area contributed by atoms with Gasteiger partial charge in [0.25, 0.3) is 0 Å². The second-order valence-corrected chi connectivity index (χ2v) is 8.33. The summed E-state index contributed by atoms with van der Waals surface area (Å²) in [5.74, 6) is 2.08. The number of methoxy groups -OCH3 is 1. The second-order valence-electron chi connectivity index (χ2n) is 8.33. The maximum absolute atomic E-state index is 12.4. The lowest BCUT2D eigenvalue weighted by atomic mass is 9.93. The van der Waals surface area contributed by atoms with Gasteiger partial charge in [-0.15, -0.1) is 0 Å². The Hall–Kier alpha value is -1.51. The predicted molar refractivity (Wildman–Crippen MR) is 106 cm³/mol. The van der Waals surface area contributed by atoms with Crippen molar-refractivity contribution < 1.29 is 14.1 Å². The van der Waals surface area contributed by atoms with E-state index >= 15 is 0 Å². The summed E-state index contributed by atoms with van der Waals surface area (Å²) in [5.41, 5.74) is 0. The average molecular weight is 394 g/mol. The van der Waals surface area contributed by atoms with Gasteiger partial charge in [-0.3, -0.25) is 14.6 Å². The van der Waals surface area contributed by atoms with Crippen molar-refractivity contribution in [2.24, 2.45) is 5.92 Å². The van der Waals surface area contributed by atoms with Crippen LogP contribution in [-0.2, 0) is 16.1 Å². The normalized spacial score (nSPS) is 22.6. The Balaban J connectivity index is 1.43. The van der Waals surface area contributed by atoms with Crippen LogP contribution in [0.15, 0.2) is 4.52 Å². The average Bonchev–Trinajstić information content (AvgIpc) is 3.18. The molecule has 2 aliphatic heterocycles. The number of likely N-dealkylation sites (tertiary alicyclic amines) is 2. The maximum Gasteiger partial charge on any atom is 0.240 e. The first kappa shape index (κ1) is 21.2. The SMILES string of the molecule is COCCNC(=O)C1CCCN(C2CCN(Cc3nc(C(C)C)no3)CC2)C1. The van der Waals surface area contributed by atoms with E-state index in [1.165, 1.54) is 0 Å². The molecule has 8 nitrogen and oxygen atoms in total. The third-order valence-electron chi connectivity index (χ3n) is 5.86. The van der Waals surface area contributed by atoms with E-state index in [4.69, 9.17) is 9.26 Å². The lowest BCUT2D eigenvalue weighted by Gasteiger charge is -2.41. The van der Waals surface area contributed by atoms with Crippen molar-refractivity contribution in [2.45, 2.75) is 58.0 Å². The molecule has 0 aliphatic carbocycles. The molecule has 0 aromatic carbocycles. The number of carbonyl (C=O) groups excluding carboxylic acids is 1. The molecule has 1 N–H and O–H groups in total. The van der Waals surface area contributed by atoms with Gasteiger partial charge in [0, 0.05) is 45.2 Å². The van der Waals surface area contributed by atoms with E-state index in [1.54, 1.807) is 7.11 Å². The van der Waals surface area contributed by atoms with E-state index in [0.717, 1.165) is 64.2 Å². The minimum absolute atomic E-state index is 0.108. The maximum atomic E-state index is 12.4. The molecule has 1 amide bonds. The zero-order chi connectivity index (χ0) is 19.9. The number of hydrogen-bond donors (Lipinski definition) is 1. The van der Waals surface area contributed by atoms with Crippen LogP contribution >= 0.6 is 0 Å². The van der Waals surface area contributed by atoms with Gasteiger partial charge >= 0.3 is 0 Å². The fourth-order valence-corrected chi connectivity index (χ4v) is 4.17. The van der Waals surface area contributed by atoms with Crippen molar-refractivity contribution in [3.8, 4) is 0 Å². The summed E-state index contributed by atoms with van der Waals surface area (Å²) in [4.78, 5) is 21.8. The molecular formula is C20H35N5O3. The smallest absolute Gasteiger partial charge is 0.240 e. The van der Waals surface area contributed by atoms with E-state index in [1.807, 2.05) is 0 Å². The van der Waals surface area contributed by atoms with Crippen LogP contribution in [-0.4, -0.2) is 78.3 Å². The number of nitrogens with zero attached hydrogens (tertiary/aromatic N) is 4. The minimum Gasteiger partial charge on any atom is -0.383 e. The van der Waals surface area contributed by atoms with E-state index in [2.05, 4.69) is 39.1 Å². The number of amides is 1. The molecule has 2 saturated heterocycles. The quantitative estimate of drug-likeness (QED) is 0.672. The van der Waals surface area contributed by atoms with Gasteiger partial charge in [0.1, 0.15) is 0 Å². The molecule has 1 atom stereocenters. The molecule has 0 bridgehead atoms. The van der Waals surface area contributed by atoms with Gasteiger partial charge in [-0.05, 0) is 32.2 Å². The van der Waals surface area contributed by atoms with Crippen LogP contribution in [0.1, 0.15) is 57.2 Å². The Labute approximate surface area is 168 Å². The van der Waals surface area contributed by atoms with Crippen LogP contribution in [0.25, 0.3) is 0 Å². The van der Waals surface area contributed by atoms with Gasteiger partial charge in [0.15, 0.2) is 5.82 Å². The largest absolute Gasteiger partial charge is 0.383 e. The second kappa shape index (κ2) is 10.3. The van der Waals surface area contributed by atoms with Crippen molar-refractivity contribution in [2.75, 3.05) is 46.4 Å². The summed E-state index contributed by atoms with van der Waals surface area (Å²) in [5, 5.41) is 7.05. The lowest BCUT2D eigenvalue weighted by molar-refractivity contribution is -0.127. The van der Waals surface area contributed by atoms with E-state index in [-0.39, 0.29) is 11.8 Å². The van der Waals surface area contributed by atoms with Crippen LogP contribution < -0.4 is 5.32 Å². The summed E-state index contributed by atoms with van der Waals surface area (Å²) >= 11 is 0. The summed E-state index contributed by atoms with van der Waals surface area (Å²) in [7, 11) is 1.66. The third kappa shape index (κ3) is 5.75. The fourth-order valence-electron chi connectivity index (χ4n) is 4.17. The summed E-state index contributed by atoms with van der Waals surface area (Å²) in [6.07, 6.45) is 4.35. The Morgan fingerprint density at radius 2 is 2.07 bits per heavy atom. The van der Waals surface area contributed by atoms with Crippen LogP contribution in [0.2, 0.25) is 0 Å². The molecule has 8 heteroatoms. The molecule has 0 spiro atoms. The first-order chi connectivity index (χ1) is 13.6. The molecule has 158 valence electrons. The van der Waals surface area contributed by atoms with E-state index in [9.17, 15) is 4.79 Å². The fraction of sp³-hybridized carbons (Fsp3) is 0.850. The van der Waals surface area contributed by atoms with Crippen molar-refractivity contribution in [3.05, 3.63) is 11.7 Å². The molecule has 1 aromatic rings. The highest BCUT2D eigenvalue weighted by molar-refractivity contribution is 5.78. The summed E-state index contributed by atoms with van der Waals surface area (Å²) < 4.78 is 10.4. The van der Waals surface area contributed by atoms with Crippen LogP contribution in [0, 0.1) is 5.92 Å². The lowest BCUT2D eigenvalue weighted by Crippen LogP contribution is -2.50. The number of carbonyl (C=O) groups is 1. The van der Waals surface area contributed by atoms with Crippen molar-refractivity contribution in [1.82, 2.24) is 25.3 Å². The molecule has 1 unspecified atom stereocenters. The van der Waals surface area contributed by atoms with Gasteiger partial charge in [0.05, 0.1) is 19.1 Å². The van der Waals surface area contributed by atoms with Crippen molar-refractivity contribution in [3.63, 3.8) is 0 Å². The number of nitrogens with one attached hydrogen (secondary N) is 1. The Kier molecular flexibility index (Phi) is 7.82. The number of piperidine rings is 2. The van der Waals surface area contributed by atoms with Gasteiger partial charge in [-0.1, -0.05) is 19.0 Å². The molecular weight excluding hydrogens is 358 g/mol. The molecule has 0 saturated carbocycles. The molecule has 1 aromatic heterocycles. The van der Waals surface area contributed by atoms with E-state index < -0.39 is 0 Å². The molecule has 3 rings (SSSR count). The molecule has 2 fully saturated rings. The molecule has 3 heterocycles. The van der Waals surface area contributed by atoms with Gasteiger partial charge < -0.3 is 14.6 Å². The highest BCUT2D eigenvalue weighted by Crippen LogP contribution is 2.24. The molecule has 0 radical (unpaired) electrons. The van der Waals surface area contributed by atoms with Crippen molar-refractivity contribution in [1.29, 1.82) is 0 Å². The monoisotopic (exact) mass is 393 g/mol. The van der Waals surface area contributed by atoms with Gasteiger partial charge in [-0.2, -0.15) is 4.98 Å². The molecule has 2 aliphatic rings. The summed E-state index contributed by atoms with van der Waals surface area (Å²) in [6.45, 7) is 10.1. The highest BCUT2D eigenvalue weighted by atomic mass is 16.5. The van der Waals surface area contributed by atoms with Gasteiger partial charge in [-0.25, -0.2) is 0 Å². The topological polar surface area (TPSA) is 83.7 Å². The molecule has 28 heavy (non-hydrogen) atoms. The van der Waals surface area contributed by atoms with Crippen LogP contribution in [0.5, 0.6) is 0 Å². The standard InChI is InChI=1S/C20H35N5O3/c1-15(2)19-22-18(28-23-19)14-24-10-6-17(7-11-24)25-9-4-5-16(13-25)20(26)21-8-12-27-3/h15-17H,4-14H2,1-3H3,(H,21,26). The van der Waals surface area contributed by atoms with Crippen LogP contribution in [0.3, 0.4) is 0 Å². The highest BCUT2D eigenvalue weighted by Gasteiger charge is 2.31.